The maximum Gasteiger partial charge on any atom is 0.221 e. The Balaban J connectivity index is 1.66. The van der Waals surface area contributed by atoms with Gasteiger partial charge in [0.1, 0.15) is 5.82 Å². The van der Waals surface area contributed by atoms with Crippen molar-refractivity contribution in [1.82, 2.24) is 9.97 Å². The predicted molar refractivity (Wildman–Crippen MR) is 82.3 cm³/mol. The lowest BCUT2D eigenvalue weighted by molar-refractivity contribution is 0.647. The summed E-state index contributed by atoms with van der Waals surface area (Å²) in [6.07, 6.45) is 1.70. The molecule has 0 radical (unpaired) electrons. The molecular weight excluding hydrogens is 274 g/mol. The first-order chi connectivity index (χ1) is 9.72. The standard InChI is InChI=1S/C14H16ClN5/c15-11-1-3-12(4-2-11)19-7-9-20(10-8-19)13-5-6-17-14(16)18-13/h1-6H,7-10H2,(H2,16,17,18). The van der Waals surface area contributed by atoms with Crippen LogP contribution in [0.5, 0.6) is 0 Å². The van der Waals surface area contributed by atoms with Crippen LogP contribution in [0.1, 0.15) is 0 Å². The number of aromatic nitrogens is 2. The van der Waals surface area contributed by atoms with Crippen LogP contribution in [0.25, 0.3) is 0 Å². The normalized spacial score (nSPS) is 15.4. The van der Waals surface area contributed by atoms with E-state index in [1.165, 1.54) is 5.69 Å². The molecule has 1 aromatic carbocycles. The van der Waals surface area contributed by atoms with Crippen LogP contribution in [0, 0.1) is 0 Å². The van der Waals surface area contributed by atoms with Gasteiger partial charge in [0.25, 0.3) is 0 Å². The highest BCUT2D eigenvalue weighted by Gasteiger charge is 2.18. The first-order valence-electron chi connectivity index (χ1n) is 6.56. The summed E-state index contributed by atoms with van der Waals surface area (Å²) in [7, 11) is 0. The van der Waals surface area contributed by atoms with Crippen LogP contribution in [0.4, 0.5) is 17.5 Å². The maximum atomic E-state index is 5.92. The number of hydrogen-bond donors (Lipinski definition) is 1. The molecule has 1 aliphatic heterocycles. The third kappa shape index (κ3) is 2.77. The van der Waals surface area contributed by atoms with E-state index >= 15 is 0 Å². The second-order valence-corrected chi connectivity index (χ2v) is 5.16. The largest absolute Gasteiger partial charge is 0.368 e. The molecule has 0 saturated carbocycles. The second-order valence-electron chi connectivity index (χ2n) is 4.72. The van der Waals surface area contributed by atoms with Crippen molar-refractivity contribution in [2.24, 2.45) is 0 Å². The number of rotatable bonds is 2. The van der Waals surface area contributed by atoms with Crippen molar-refractivity contribution in [2.75, 3.05) is 41.7 Å². The molecule has 20 heavy (non-hydrogen) atoms. The van der Waals surface area contributed by atoms with E-state index < -0.39 is 0 Å². The molecule has 2 heterocycles. The molecule has 1 fully saturated rings. The van der Waals surface area contributed by atoms with Gasteiger partial charge in [-0.05, 0) is 30.3 Å². The molecule has 104 valence electrons. The van der Waals surface area contributed by atoms with Gasteiger partial charge in [0, 0.05) is 43.1 Å². The van der Waals surface area contributed by atoms with Crippen LogP contribution in [0.15, 0.2) is 36.5 Å². The number of benzene rings is 1. The Morgan fingerprint density at radius 3 is 2.25 bits per heavy atom. The van der Waals surface area contributed by atoms with Gasteiger partial charge in [0.15, 0.2) is 0 Å². The summed E-state index contributed by atoms with van der Waals surface area (Å²) in [6, 6.07) is 9.86. The first kappa shape index (κ1) is 13.0. The fourth-order valence-corrected chi connectivity index (χ4v) is 2.51. The molecule has 2 aromatic rings. The van der Waals surface area contributed by atoms with Gasteiger partial charge >= 0.3 is 0 Å². The monoisotopic (exact) mass is 289 g/mol. The Morgan fingerprint density at radius 1 is 0.950 bits per heavy atom. The Labute approximate surface area is 123 Å². The molecule has 6 heteroatoms. The lowest BCUT2D eigenvalue weighted by Gasteiger charge is -2.36. The molecule has 1 aliphatic rings. The Hall–Kier alpha value is -2.01. The third-order valence-electron chi connectivity index (χ3n) is 3.45. The predicted octanol–water partition coefficient (Wildman–Crippen LogP) is 2.04. The number of hydrogen-bond acceptors (Lipinski definition) is 5. The number of piperazine rings is 1. The van der Waals surface area contributed by atoms with E-state index in [1.807, 2.05) is 18.2 Å². The number of nitrogens with zero attached hydrogens (tertiary/aromatic N) is 4. The van der Waals surface area contributed by atoms with Gasteiger partial charge in [-0.3, -0.25) is 0 Å². The van der Waals surface area contributed by atoms with E-state index in [0.717, 1.165) is 37.0 Å². The number of halogens is 1. The van der Waals surface area contributed by atoms with E-state index in [-0.39, 0.29) is 0 Å². The highest BCUT2D eigenvalue weighted by molar-refractivity contribution is 6.30. The SMILES string of the molecule is Nc1nccc(N2CCN(c3ccc(Cl)cc3)CC2)n1. The summed E-state index contributed by atoms with van der Waals surface area (Å²) in [6.45, 7) is 3.73. The average Bonchev–Trinajstić information content (AvgIpc) is 2.48. The summed E-state index contributed by atoms with van der Waals surface area (Å²) < 4.78 is 0. The van der Waals surface area contributed by atoms with Crippen molar-refractivity contribution in [1.29, 1.82) is 0 Å². The second kappa shape index (κ2) is 5.54. The van der Waals surface area contributed by atoms with Gasteiger partial charge in [-0.25, -0.2) is 4.98 Å². The van der Waals surface area contributed by atoms with Gasteiger partial charge in [0.05, 0.1) is 0 Å². The molecule has 0 unspecified atom stereocenters. The van der Waals surface area contributed by atoms with Crippen molar-refractivity contribution < 1.29 is 0 Å². The molecule has 0 spiro atoms. The van der Waals surface area contributed by atoms with Crippen LogP contribution in [-0.2, 0) is 0 Å². The van der Waals surface area contributed by atoms with E-state index in [2.05, 4.69) is 31.9 Å². The van der Waals surface area contributed by atoms with Crippen LogP contribution >= 0.6 is 11.6 Å². The smallest absolute Gasteiger partial charge is 0.221 e. The first-order valence-corrected chi connectivity index (χ1v) is 6.94. The molecule has 0 atom stereocenters. The number of nitrogen functional groups attached to an aromatic ring is 1. The highest BCUT2D eigenvalue weighted by Crippen LogP contribution is 2.21. The Kier molecular flexibility index (Phi) is 3.60. The zero-order chi connectivity index (χ0) is 13.9. The molecule has 0 bridgehead atoms. The molecule has 5 nitrogen and oxygen atoms in total. The van der Waals surface area contributed by atoms with Crippen molar-refractivity contribution in [2.45, 2.75) is 0 Å². The van der Waals surface area contributed by atoms with Gasteiger partial charge in [0.2, 0.25) is 5.95 Å². The van der Waals surface area contributed by atoms with Crippen LogP contribution in [-0.4, -0.2) is 36.1 Å². The number of anilines is 3. The van der Waals surface area contributed by atoms with Crippen molar-refractivity contribution in [3.63, 3.8) is 0 Å². The topological polar surface area (TPSA) is 58.3 Å². The highest BCUT2D eigenvalue weighted by atomic mass is 35.5. The zero-order valence-corrected chi connectivity index (χ0v) is 11.8. The molecule has 1 saturated heterocycles. The molecular formula is C14H16ClN5. The van der Waals surface area contributed by atoms with E-state index in [9.17, 15) is 0 Å². The molecule has 0 amide bonds. The Bertz CT molecular complexity index is 578. The summed E-state index contributed by atoms with van der Waals surface area (Å²) in [4.78, 5) is 12.8. The van der Waals surface area contributed by atoms with Crippen molar-refractivity contribution in [3.8, 4) is 0 Å². The van der Waals surface area contributed by atoms with Gasteiger partial charge < -0.3 is 15.5 Å². The Morgan fingerprint density at radius 2 is 1.60 bits per heavy atom. The summed E-state index contributed by atoms with van der Waals surface area (Å²) in [5.74, 6) is 1.22. The fourth-order valence-electron chi connectivity index (χ4n) is 2.39. The zero-order valence-electron chi connectivity index (χ0n) is 11.0. The minimum atomic E-state index is 0.322. The van der Waals surface area contributed by atoms with Crippen LogP contribution in [0.3, 0.4) is 0 Å². The van der Waals surface area contributed by atoms with E-state index in [4.69, 9.17) is 17.3 Å². The van der Waals surface area contributed by atoms with E-state index in [0.29, 0.717) is 5.95 Å². The molecule has 0 aliphatic carbocycles. The average molecular weight is 290 g/mol. The van der Waals surface area contributed by atoms with Crippen molar-refractivity contribution in [3.05, 3.63) is 41.6 Å². The van der Waals surface area contributed by atoms with Gasteiger partial charge in [-0.1, -0.05) is 11.6 Å². The summed E-state index contributed by atoms with van der Waals surface area (Å²) >= 11 is 5.92. The third-order valence-corrected chi connectivity index (χ3v) is 3.71. The summed E-state index contributed by atoms with van der Waals surface area (Å²) in [5, 5.41) is 0.767. The molecule has 2 N–H and O–H groups in total. The minimum absolute atomic E-state index is 0.322. The quantitative estimate of drug-likeness (QED) is 0.917. The summed E-state index contributed by atoms with van der Waals surface area (Å²) in [5.41, 5.74) is 6.83. The van der Waals surface area contributed by atoms with Crippen LogP contribution in [0.2, 0.25) is 5.02 Å². The lowest BCUT2D eigenvalue weighted by Crippen LogP contribution is -2.46. The molecule has 3 rings (SSSR count). The number of nitrogens with two attached hydrogens (primary N) is 1. The van der Waals surface area contributed by atoms with Gasteiger partial charge in [-0.15, -0.1) is 0 Å². The van der Waals surface area contributed by atoms with Crippen molar-refractivity contribution >= 4 is 29.1 Å². The van der Waals surface area contributed by atoms with E-state index in [1.54, 1.807) is 6.20 Å². The van der Waals surface area contributed by atoms with Crippen LogP contribution < -0.4 is 15.5 Å². The van der Waals surface area contributed by atoms with Gasteiger partial charge in [-0.2, -0.15) is 4.98 Å². The molecule has 1 aromatic heterocycles. The lowest BCUT2D eigenvalue weighted by atomic mass is 10.2. The minimum Gasteiger partial charge on any atom is -0.368 e. The fraction of sp³-hybridized carbons (Fsp3) is 0.286. The maximum absolute atomic E-state index is 5.92.